The second-order valence-corrected chi connectivity index (χ2v) is 8.44. The number of halogens is 3. The van der Waals surface area contributed by atoms with Crippen LogP contribution in [0.1, 0.15) is 30.4 Å². The molecule has 11 heteroatoms. The number of hydrogen-bond donors (Lipinski definition) is 1. The third-order valence-electron chi connectivity index (χ3n) is 6.18. The van der Waals surface area contributed by atoms with Gasteiger partial charge in [0, 0.05) is 11.8 Å². The molecule has 1 spiro atoms. The quantitative estimate of drug-likeness (QED) is 0.648. The summed E-state index contributed by atoms with van der Waals surface area (Å²) in [6.45, 7) is -0.339. The molecule has 1 N–H and O–H groups in total. The average Bonchev–Trinajstić information content (AvgIpc) is 3.04. The molecule has 1 aliphatic carbocycles. The van der Waals surface area contributed by atoms with Crippen LogP contribution in [0.3, 0.4) is 0 Å². The predicted molar refractivity (Wildman–Crippen MR) is 118 cm³/mol. The first-order valence-corrected chi connectivity index (χ1v) is 10.7. The molecule has 174 valence electrons. The number of thiocarbonyl (C=S) groups is 1. The predicted octanol–water partition coefficient (Wildman–Crippen LogP) is 4.24. The van der Waals surface area contributed by atoms with Crippen LogP contribution in [0.25, 0.3) is 0 Å². The maximum atomic E-state index is 13.5. The van der Waals surface area contributed by atoms with Crippen LogP contribution in [0.2, 0.25) is 0 Å². The number of aliphatic hydroxyl groups is 1. The molecule has 2 fully saturated rings. The van der Waals surface area contributed by atoms with E-state index in [9.17, 15) is 23.1 Å². The Hall–Kier alpha value is -3.62. The first kappa shape index (κ1) is 22.2. The molecular formula is C23H16F3N3O4S. The first-order chi connectivity index (χ1) is 16.2. The Bertz CT molecular complexity index is 1300. The minimum absolute atomic E-state index is 0.0331. The Morgan fingerprint density at radius 1 is 1.15 bits per heavy atom. The number of nitriles is 1. The van der Waals surface area contributed by atoms with Gasteiger partial charge in [-0.1, -0.05) is 0 Å². The standard InChI is InChI=1S/C23H16F3N3O4S/c24-23(25,26)17-8-14(3-2-13(17)10-27)28-20(31)22(6-1-7-22)29(21(28)34)15-4-5-18-19(9-15)32-12-16(11-30)33-18/h2-5,8-9,12,30H,1,6-7,11H2. The lowest BCUT2D eigenvalue weighted by Crippen LogP contribution is -2.55. The van der Waals surface area contributed by atoms with Crippen LogP contribution in [0, 0.1) is 11.3 Å². The highest BCUT2D eigenvalue weighted by Gasteiger charge is 2.59. The number of fused-ring (bicyclic) bond motifs is 1. The van der Waals surface area contributed by atoms with E-state index < -0.39 is 28.7 Å². The summed E-state index contributed by atoms with van der Waals surface area (Å²) in [6.07, 6.45) is -1.79. The Morgan fingerprint density at radius 2 is 1.88 bits per heavy atom. The van der Waals surface area contributed by atoms with E-state index in [1.54, 1.807) is 23.1 Å². The molecule has 3 aliphatic rings. The summed E-state index contributed by atoms with van der Waals surface area (Å²) in [7, 11) is 0. The molecule has 0 aromatic heterocycles. The topological polar surface area (TPSA) is 86.0 Å². The summed E-state index contributed by atoms with van der Waals surface area (Å²) in [5, 5.41) is 18.3. The van der Waals surface area contributed by atoms with E-state index in [2.05, 4.69) is 0 Å². The van der Waals surface area contributed by atoms with Crippen molar-refractivity contribution in [2.24, 2.45) is 0 Å². The third kappa shape index (κ3) is 3.21. The van der Waals surface area contributed by atoms with Crippen molar-refractivity contribution in [3.8, 4) is 17.6 Å². The van der Waals surface area contributed by atoms with Gasteiger partial charge in [0.25, 0.3) is 5.91 Å². The summed E-state index contributed by atoms with van der Waals surface area (Å²) < 4.78 is 51.7. The van der Waals surface area contributed by atoms with Crippen LogP contribution in [-0.2, 0) is 11.0 Å². The molecule has 2 aromatic carbocycles. The summed E-state index contributed by atoms with van der Waals surface area (Å²) in [4.78, 5) is 16.3. The van der Waals surface area contributed by atoms with Crippen molar-refractivity contribution >= 4 is 34.6 Å². The number of carbonyl (C=O) groups excluding carboxylic acids is 1. The molecule has 1 saturated carbocycles. The van der Waals surface area contributed by atoms with Crippen molar-refractivity contribution in [3.63, 3.8) is 0 Å². The zero-order valence-corrected chi connectivity index (χ0v) is 18.2. The van der Waals surface area contributed by atoms with Gasteiger partial charge in [-0.2, -0.15) is 18.4 Å². The number of rotatable bonds is 3. The van der Waals surface area contributed by atoms with Gasteiger partial charge in [-0.15, -0.1) is 0 Å². The lowest BCUT2D eigenvalue weighted by atomic mass is 9.75. The molecule has 0 radical (unpaired) electrons. The Balaban J connectivity index is 1.56. The van der Waals surface area contributed by atoms with Gasteiger partial charge in [-0.05, 0) is 61.8 Å². The van der Waals surface area contributed by atoms with Crippen LogP contribution < -0.4 is 19.3 Å². The van der Waals surface area contributed by atoms with Gasteiger partial charge in [-0.3, -0.25) is 9.69 Å². The monoisotopic (exact) mass is 487 g/mol. The normalized spacial score (nSPS) is 18.6. The minimum atomic E-state index is -4.77. The highest BCUT2D eigenvalue weighted by atomic mass is 32.1. The number of benzene rings is 2. The molecule has 0 bridgehead atoms. The van der Waals surface area contributed by atoms with Gasteiger partial charge in [-0.25, -0.2) is 0 Å². The Kier molecular flexibility index (Phi) is 5.03. The number of ether oxygens (including phenoxy) is 2. The molecule has 5 rings (SSSR count). The zero-order chi connectivity index (χ0) is 24.3. The van der Waals surface area contributed by atoms with Gasteiger partial charge in [0.1, 0.15) is 18.4 Å². The van der Waals surface area contributed by atoms with Crippen LogP contribution in [-0.4, -0.2) is 28.3 Å². The zero-order valence-electron chi connectivity index (χ0n) is 17.4. The van der Waals surface area contributed by atoms with E-state index in [1.807, 2.05) is 0 Å². The number of aliphatic hydroxyl groups excluding tert-OH is 1. The van der Waals surface area contributed by atoms with Crippen LogP contribution in [0.15, 0.2) is 48.4 Å². The Morgan fingerprint density at radius 3 is 2.50 bits per heavy atom. The molecule has 2 heterocycles. The fourth-order valence-corrected chi connectivity index (χ4v) is 4.86. The number of anilines is 2. The van der Waals surface area contributed by atoms with E-state index in [1.165, 1.54) is 18.4 Å². The van der Waals surface area contributed by atoms with Gasteiger partial charge >= 0.3 is 6.18 Å². The number of alkyl halides is 3. The van der Waals surface area contributed by atoms with E-state index in [0.717, 1.165) is 23.5 Å². The molecule has 34 heavy (non-hydrogen) atoms. The molecule has 1 saturated heterocycles. The SMILES string of the molecule is N#Cc1ccc(N2C(=O)C3(CCC3)N(c3ccc4c(c3)OC=C(CO)O4)C2=S)cc1C(F)(F)F. The fraction of sp³-hybridized carbons (Fsp3) is 0.261. The van der Waals surface area contributed by atoms with E-state index in [-0.39, 0.29) is 23.2 Å². The lowest BCUT2D eigenvalue weighted by Gasteiger charge is -2.43. The molecule has 2 aliphatic heterocycles. The fourth-order valence-electron chi connectivity index (χ4n) is 4.39. The van der Waals surface area contributed by atoms with Crippen LogP contribution in [0.5, 0.6) is 11.5 Å². The lowest BCUT2D eigenvalue weighted by molar-refractivity contribution is -0.137. The second kappa shape index (κ2) is 7.72. The van der Waals surface area contributed by atoms with Crippen molar-refractivity contribution in [1.29, 1.82) is 5.26 Å². The largest absolute Gasteiger partial charge is 0.457 e. The highest BCUT2D eigenvalue weighted by Crippen LogP contribution is 2.49. The first-order valence-electron chi connectivity index (χ1n) is 10.3. The summed E-state index contributed by atoms with van der Waals surface area (Å²) >= 11 is 5.61. The van der Waals surface area contributed by atoms with Gasteiger partial charge in [0.05, 0.1) is 22.9 Å². The molecule has 0 atom stereocenters. The average molecular weight is 487 g/mol. The maximum Gasteiger partial charge on any atom is 0.417 e. The molecule has 0 unspecified atom stereocenters. The van der Waals surface area contributed by atoms with Crippen molar-refractivity contribution in [1.82, 2.24) is 0 Å². The third-order valence-corrected chi connectivity index (χ3v) is 6.54. The highest BCUT2D eigenvalue weighted by molar-refractivity contribution is 7.81. The van der Waals surface area contributed by atoms with Crippen molar-refractivity contribution in [2.75, 3.05) is 16.4 Å². The van der Waals surface area contributed by atoms with Crippen LogP contribution in [0.4, 0.5) is 24.5 Å². The number of carbonyl (C=O) groups is 1. The van der Waals surface area contributed by atoms with Crippen molar-refractivity contribution in [2.45, 2.75) is 31.0 Å². The Labute approximate surface area is 197 Å². The summed E-state index contributed by atoms with van der Waals surface area (Å²) in [5.41, 5.74) is -2.21. The second-order valence-electron chi connectivity index (χ2n) is 8.08. The van der Waals surface area contributed by atoms with E-state index >= 15 is 0 Å². The van der Waals surface area contributed by atoms with Crippen molar-refractivity contribution in [3.05, 3.63) is 59.5 Å². The summed E-state index contributed by atoms with van der Waals surface area (Å²) in [5.74, 6) is 0.526. The minimum Gasteiger partial charge on any atom is -0.457 e. The molecule has 7 nitrogen and oxygen atoms in total. The number of amides is 1. The summed E-state index contributed by atoms with van der Waals surface area (Å²) in [6, 6.07) is 9.56. The molecule has 2 aromatic rings. The van der Waals surface area contributed by atoms with Crippen molar-refractivity contribution < 1.29 is 32.5 Å². The van der Waals surface area contributed by atoms with Gasteiger partial charge in [0.2, 0.25) is 0 Å². The van der Waals surface area contributed by atoms with E-state index in [4.69, 9.17) is 27.0 Å². The molecule has 1 amide bonds. The van der Waals surface area contributed by atoms with Crippen LogP contribution >= 0.6 is 12.2 Å². The van der Waals surface area contributed by atoms with Gasteiger partial charge in [0.15, 0.2) is 22.4 Å². The van der Waals surface area contributed by atoms with E-state index in [0.29, 0.717) is 30.0 Å². The maximum absolute atomic E-state index is 13.5. The van der Waals surface area contributed by atoms with Gasteiger partial charge < -0.3 is 19.5 Å². The number of hydrogen-bond acceptors (Lipinski definition) is 6. The smallest absolute Gasteiger partial charge is 0.417 e. The molecular weight excluding hydrogens is 471 g/mol. The number of nitrogens with zero attached hydrogens (tertiary/aromatic N) is 3.